The molecule has 30 heavy (non-hydrogen) atoms. The Kier molecular flexibility index (Phi) is 7.89. The summed E-state index contributed by atoms with van der Waals surface area (Å²) in [6.07, 6.45) is 2.44. The van der Waals surface area contributed by atoms with Gasteiger partial charge in [-0.3, -0.25) is 4.31 Å². The number of para-hydroxylation sites is 2. The van der Waals surface area contributed by atoms with Crippen molar-refractivity contribution in [2.24, 2.45) is 0 Å². The van der Waals surface area contributed by atoms with Crippen LogP contribution in [-0.2, 0) is 16.6 Å². The van der Waals surface area contributed by atoms with Gasteiger partial charge in [-0.2, -0.15) is 0 Å². The lowest BCUT2D eigenvalue weighted by molar-refractivity contribution is 0.162. The molecular weight excluding hydrogens is 426 g/mol. The third-order valence-electron chi connectivity index (χ3n) is 4.67. The van der Waals surface area contributed by atoms with Gasteiger partial charge >= 0.3 is 0 Å². The Morgan fingerprint density at radius 2 is 1.80 bits per heavy atom. The number of methoxy groups -OCH3 is 1. The zero-order chi connectivity index (χ0) is 21.0. The van der Waals surface area contributed by atoms with Crippen molar-refractivity contribution in [2.45, 2.75) is 31.4 Å². The molecule has 162 valence electrons. The van der Waals surface area contributed by atoms with Gasteiger partial charge in [0.1, 0.15) is 11.6 Å². The number of aromatic nitrogens is 2. The highest BCUT2D eigenvalue weighted by atomic mass is 35.5. The Bertz CT molecular complexity index is 1070. The van der Waals surface area contributed by atoms with Crippen molar-refractivity contribution in [1.82, 2.24) is 9.55 Å². The molecule has 1 heterocycles. The van der Waals surface area contributed by atoms with Gasteiger partial charge in [0, 0.05) is 12.4 Å². The van der Waals surface area contributed by atoms with Crippen LogP contribution in [0.3, 0.4) is 0 Å². The molecule has 0 aliphatic carbocycles. The number of sulfonamides is 1. The van der Waals surface area contributed by atoms with Crippen molar-refractivity contribution in [3.05, 3.63) is 72.3 Å². The van der Waals surface area contributed by atoms with E-state index in [0.29, 0.717) is 11.4 Å². The summed E-state index contributed by atoms with van der Waals surface area (Å²) < 4.78 is 35.3. The molecule has 3 rings (SSSR count). The quantitative estimate of drug-likeness (QED) is 0.568. The number of aliphatic hydroxyl groups is 1. The van der Waals surface area contributed by atoms with Crippen molar-refractivity contribution in [3.63, 3.8) is 0 Å². The Balaban J connectivity index is 0.00000320. The van der Waals surface area contributed by atoms with Crippen molar-refractivity contribution >= 4 is 28.1 Å². The number of nitrogens with zero attached hydrogens (tertiary/aromatic N) is 3. The van der Waals surface area contributed by atoms with Crippen LogP contribution in [0.25, 0.3) is 0 Å². The fourth-order valence-corrected chi connectivity index (χ4v) is 4.58. The van der Waals surface area contributed by atoms with E-state index in [-0.39, 0.29) is 30.4 Å². The highest BCUT2D eigenvalue weighted by Crippen LogP contribution is 2.32. The third-order valence-corrected chi connectivity index (χ3v) is 6.46. The number of aliphatic hydroxyl groups excluding tert-OH is 1. The molecule has 0 bridgehead atoms. The number of aryl methyl sites for hydroxylation is 2. The first-order chi connectivity index (χ1) is 13.8. The lowest BCUT2D eigenvalue weighted by Gasteiger charge is -2.28. The summed E-state index contributed by atoms with van der Waals surface area (Å²) in [5.41, 5.74) is 1.33. The van der Waals surface area contributed by atoms with Crippen LogP contribution < -0.4 is 9.04 Å². The lowest BCUT2D eigenvalue weighted by Crippen LogP contribution is -2.39. The molecule has 0 spiro atoms. The van der Waals surface area contributed by atoms with Gasteiger partial charge in [-0.25, -0.2) is 13.4 Å². The van der Waals surface area contributed by atoms with Crippen LogP contribution in [0, 0.1) is 13.8 Å². The number of benzene rings is 2. The fourth-order valence-electron chi connectivity index (χ4n) is 3.07. The number of rotatable bonds is 8. The topological polar surface area (TPSA) is 84.7 Å². The molecule has 0 radical (unpaired) electrons. The molecule has 7 nitrogen and oxygen atoms in total. The van der Waals surface area contributed by atoms with Gasteiger partial charge in [-0.15, -0.1) is 12.4 Å². The maximum atomic E-state index is 13.5. The second-order valence-corrected chi connectivity index (χ2v) is 8.66. The molecule has 3 aromatic rings. The summed E-state index contributed by atoms with van der Waals surface area (Å²) >= 11 is 0. The van der Waals surface area contributed by atoms with E-state index in [9.17, 15) is 13.5 Å². The van der Waals surface area contributed by atoms with Gasteiger partial charge in [0.2, 0.25) is 0 Å². The maximum Gasteiger partial charge on any atom is 0.264 e. The number of hydrogen-bond donors (Lipinski definition) is 1. The smallest absolute Gasteiger partial charge is 0.264 e. The van der Waals surface area contributed by atoms with Crippen LogP contribution in [0.5, 0.6) is 5.75 Å². The summed E-state index contributed by atoms with van der Waals surface area (Å²) in [4.78, 5) is 4.29. The second kappa shape index (κ2) is 9.97. The lowest BCUT2D eigenvalue weighted by atomic mass is 10.2. The first kappa shape index (κ1) is 23.7. The normalized spacial score (nSPS) is 12.1. The molecule has 0 fully saturated rings. The number of halogens is 1. The molecule has 1 unspecified atom stereocenters. The number of anilines is 1. The minimum absolute atomic E-state index is 0. The van der Waals surface area contributed by atoms with Crippen LogP contribution in [0.4, 0.5) is 5.69 Å². The molecule has 1 atom stereocenters. The molecule has 0 aliphatic rings. The van der Waals surface area contributed by atoms with E-state index >= 15 is 0 Å². The first-order valence-corrected chi connectivity index (χ1v) is 10.6. The molecule has 0 saturated carbocycles. The molecule has 1 aromatic heterocycles. The highest BCUT2D eigenvalue weighted by Gasteiger charge is 2.29. The first-order valence-electron chi connectivity index (χ1n) is 9.21. The van der Waals surface area contributed by atoms with Crippen molar-refractivity contribution in [1.29, 1.82) is 0 Å². The summed E-state index contributed by atoms with van der Waals surface area (Å²) in [7, 11) is -2.43. The molecular formula is C21H26ClN3O4S. The Morgan fingerprint density at radius 1 is 1.13 bits per heavy atom. The van der Waals surface area contributed by atoms with E-state index in [2.05, 4.69) is 4.98 Å². The number of hydrogen-bond acceptors (Lipinski definition) is 5. The molecule has 9 heteroatoms. The summed E-state index contributed by atoms with van der Waals surface area (Å²) in [6, 6.07) is 13.5. The van der Waals surface area contributed by atoms with E-state index in [1.54, 1.807) is 65.5 Å². The minimum Gasteiger partial charge on any atom is -0.495 e. The zero-order valence-electron chi connectivity index (χ0n) is 17.1. The van der Waals surface area contributed by atoms with Crippen molar-refractivity contribution in [3.8, 4) is 5.75 Å². The summed E-state index contributed by atoms with van der Waals surface area (Å²) in [6.45, 7) is 3.81. The van der Waals surface area contributed by atoms with E-state index in [1.807, 2.05) is 13.8 Å². The average molecular weight is 452 g/mol. The van der Waals surface area contributed by atoms with Crippen LogP contribution in [-0.4, -0.2) is 42.8 Å². The number of ether oxygens (including phenoxy) is 1. The van der Waals surface area contributed by atoms with Gasteiger partial charge in [0.05, 0.1) is 36.9 Å². The van der Waals surface area contributed by atoms with Gasteiger partial charge in [-0.1, -0.05) is 29.8 Å². The monoisotopic (exact) mass is 451 g/mol. The van der Waals surface area contributed by atoms with Crippen molar-refractivity contribution < 1.29 is 18.3 Å². The van der Waals surface area contributed by atoms with Crippen molar-refractivity contribution in [2.75, 3.05) is 18.0 Å². The van der Waals surface area contributed by atoms with Crippen LogP contribution in [0.15, 0.2) is 65.8 Å². The molecule has 0 amide bonds. The summed E-state index contributed by atoms with van der Waals surface area (Å²) in [5.74, 6) is 1.16. The van der Waals surface area contributed by atoms with Gasteiger partial charge in [0.25, 0.3) is 10.0 Å². The van der Waals surface area contributed by atoms with E-state index in [0.717, 1.165) is 11.4 Å². The van der Waals surface area contributed by atoms with Crippen LogP contribution in [0.1, 0.15) is 11.4 Å². The largest absolute Gasteiger partial charge is 0.495 e. The number of imidazole rings is 1. The average Bonchev–Trinajstić information content (AvgIpc) is 3.10. The maximum absolute atomic E-state index is 13.5. The zero-order valence-corrected chi connectivity index (χ0v) is 18.7. The Labute approximate surface area is 183 Å². The minimum atomic E-state index is -3.92. The third kappa shape index (κ3) is 5.13. The standard InChI is InChI=1S/C21H25N3O4S.ClH/c1-16-8-10-19(11-9-16)29(26,27)24(20-6-4-5-7-21(20)28-3)15-18(25)14-23-13-12-22-17(23)2;/h4-13,18,25H,14-15H2,1-3H3;1H. The van der Waals surface area contributed by atoms with Crippen LogP contribution >= 0.6 is 12.4 Å². The predicted molar refractivity (Wildman–Crippen MR) is 119 cm³/mol. The van der Waals surface area contributed by atoms with Gasteiger partial charge in [0.15, 0.2) is 0 Å². The Hall–Kier alpha value is -2.55. The SMILES string of the molecule is COc1ccccc1N(CC(O)Cn1ccnc1C)S(=O)(=O)c1ccc(C)cc1.Cl. The predicted octanol–water partition coefficient (Wildman–Crippen LogP) is 3.19. The molecule has 0 aliphatic heterocycles. The van der Waals surface area contributed by atoms with E-state index in [4.69, 9.17) is 4.74 Å². The van der Waals surface area contributed by atoms with E-state index in [1.165, 1.54) is 11.4 Å². The molecule has 1 N–H and O–H groups in total. The van der Waals surface area contributed by atoms with E-state index < -0.39 is 16.1 Å². The Morgan fingerprint density at radius 3 is 2.40 bits per heavy atom. The summed E-state index contributed by atoms with van der Waals surface area (Å²) in [5, 5.41) is 10.7. The fraction of sp³-hybridized carbons (Fsp3) is 0.286. The van der Waals surface area contributed by atoms with Gasteiger partial charge < -0.3 is 14.4 Å². The van der Waals surface area contributed by atoms with Crippen LogP contribution in [0.2, 0.25) is 0 Å². The second-order valence-electron chi connectivity index (χ2n) is 6.80. The van der Waals surface area contributed by atoms with Gasteiger partial charge in [-0.05, 0) is 38.1 Å². The highest BCUT2D eigenvalue weighted by molar-refractivity contribution is 7.92. The molecule has 0 saturated heterocycles. The molecule has 2 aromatic carbocycles.